The number of unbranched alkanes of at least 4 members (excludes halogenated alkanes) is 1. The lowest BCUT2D eigenvalue weighted by Crippen LogP contribution is -2.60. The molecule has 0 aromatic rings. The Bertz CT molecular complexity index is 960. The van der Waals surface area contributed by atoms with Crippen LogP contribution in [0.5, 0.6) is 0 Å². The molecule has 0 aromatic carbocycles. The van der Waals surface area contributed by atoms with E-state index in [1.807, 2.05) is 0 Å². The number of nitrogens with one attached hydrogen (secondary N) is 4. The van der Waals surface area contributed by atoms with Crippen LogP contribution in [0.1, 0.15) is 72.6 Å². The highest BCUT2D eigenvalue weighted by atomic mass is 16.4. The Balaban J connectivity index is 5.93. The van der Waals surface area contributed by atoms with Crippen molar-refractivity contribution in [2.24, 2.45) is 29.0 Å². The fourth-order valence-electron chi connectivity index (χ4n) is 3.92. The van der Waals surface area contributed by atoms with Gasteiger partial charge in [0.05, 0.1) is 18.9 Å². The van der Waals surface area contributed by atoms with Crippen LogP contribution in [0.25, 0.3) is 0 Å². The van der Waals surface area contributed by atoms with Crippen molar-refractivity contribution < 1.29 is 43.8 Å². The zero-order valence-electron chi connectivity index (χ0n) is 24.7. The molecule has 0 radical (unpaired) electrons. The molecule has 42 heavy (non-hydrogen) atoms. The predicted octanol–water partition coefficient (Wildman–Crippen LogP) is -2.09. The second-order valence-electron chi connectivity index (χ2n) is 10.7. The molecule has 0 aromatic heterocycles. The quantitative estimate of drug-likeness (QED) is 0.0643. The third-order valence-electron chi connectivity index (χ3n) is 6.46. The van der Waals surface area contributed by atoms with E-state index in [1.54, 1.807) is 27.7 Å². The zero-order valence-corrected chi connectivity index (χ0v) is 24.7. The first-order valence-electron chi connectivity index (χ1n) is 13.9. The van der Waals surface area contributed by atoms with Crippen molar-refractivity contribution in [2.45, 2.75) is 103 Å². The summed E-state index contributed by atoms with van der Waals surface area (Å²) < 4.78 is 0. The average Bonchev–Trinajstić information content (AvgIpc) is 2.88. The number of carbonyl (C=O) groups excluding carboxylic acids is 5. The third kappa shape index (κ3) is 14.7. The lowest BCUT2D eigenvalue weighted by atomic mass is 9.96. The predicted molar refractivity (Wildman–Crippen MR) is 151 cm³/mol. The Labute approximate surface area is 245 Å². The highest BCUT2D eigenvalue weighted by Crippen LogP contribution is 2.12. The summed E-state index contributed by atoms with van der Waals surface area (Å²) in [6, 6.07) is -6.71. The number of carbonyl (C=O) groups is 7. The molecule has 0 rings (SSSR count). The fraction of sp³-hybridized carbons (Fsp3) is 0.731. The van der Waals surface area contributed by atoms with Crippen LogP contribution in [0.2, 0.25) is 0 Å². The van der Waals surface area contributed by atoms with E-state index in [0.717, 1.165) is 0 Å². The average molecular weight is 602 g/mol. The minimum absolute atomic E-state index is 0.0539. The van der Waals surface area contributed by atoms with Crippen LogP contribution in [0, 0.1) is 11.8 Å². The summed E-state index contributed by atoms with van der Waals surface area (Å²) in [6.45, 7) is 7.25. The van der Waals surface area contributed by atoms with Crippen LogP contribution in [-0.4, -0.2) is 88.4 Å². The maximum Gasteiger partial charge on any atom is 0.326 e. The van der Waals surface area contributed by atoms with Gasteiger partial charge in [0.1, 0.15) is 24.2 Å². The summed E-state index contributed by atoms with van der Waals surface area (Å²) in [5, 5.41) is 28.5. The summed E-state index contributed by atoms with van der Waals surface area (Å²) in [5.74, 6) is -7.60. The van der Waals surface area contributed by atoms with E-state index in [1.165, 1.54) is 0 Å². The third-order valence-corrected chi connectivity index (χ3v) is 6.46. The van der Waals surface area contributed by atoms with Gasteiger partial charge in [0, 0.05) is 0 Å². The molecule has 16 heteroatoms. The zero-order chi connectivity index (χ0) is 32.6. The molecule has 12 N–H and O–H groups in total. The Morgan fingerprint density at radius 1 is 0.738 bits per heavy atom. The summed E-state index contributed by atoms with van der Waals surface area (Å²) >= 11 is 0. The second-order valence-corrected chi connectivity index (χ2v) is 10.7. The minimum Gasteiger partial charge on any atom is -0.481 e. The van der Waals surface area contributed by atoms with Gasteiger partial charge in [-0.25, -0.2) is 4.79 Å². The van der Waals surface area contributed by atoms with E-state index in [2.05, 4.69) is 21.3 Å². The van der Waals surface area contributed by atoms with Gasteiger partial charge in [-0.2, -0.15) is 0 Å². The molecule has 16 nitrogen and oxygen atoms in total. The van der Waals surface area contributed by atoms with Gasteiger partial charge in [0.2, 0.25) is 29.5 Å². The van der Waals surface area contributed by atoms with Crippen LogP contribution < -0.4 is 38.5 Å². The number of carboxylic acid groups (broad SMARTS) is 2. The maximum absolute atomic E-state index is 13.2. The summed E-state index contributed by atoms with van der Waals surface area (Å²) in [6.07, 6.45) is 0.133. The minimum atomic E-state index is -1.66. The van der Waals surface area contributed by atoms with E-state index in [0.29, 0.717) is 25.8 Å². The molecule has 0 heterocycles. The fourth-order valence-corrected chi connectivity index (χ4v) is 3.92. The number of primary amides is 1. The molecular formula is C26H47N7O9. The van der Waals surface area contributed by atoms with Crippen molar-refractivity contribution in [3.63, 3.8) is 0 Å². The van der Waals surface area contributed by atoms with Gasteiger partial charge in [-0.05, 0) is 44.1 Å². The van der Waals surface area contributed by atoms with Gasteiger partial charge in [-0.3, -0.25) is 28.8 Å². The second kappa shape index (κ2) is 19.4. The van der Waals surface area contributed by atoms with Gasteiger partial charge in [-0.15, -0.1) is 0 Å². The molecule has 0 aliphatic rings. The molecule has 0 fully saturated rings. The Morgan fingerprint density at radius 3 is 1.76 bits per heavy atom. The number of carboxylic acids is 2. The first-order chi connectivity index (χ1) is 19.5. The molecule has 6 atom stereocenters. The molecule has 240 valence electrons. The molecule has 0 saturated heterocycles. The number of amides is 5. The lowest BCUT2D eigenvalue weighted by molar-refractivity contribution is -0.144. The topological polar surface area (TPSA) is 286 Å². The van der Waals surface area contributed by atoms with Gasteiger partial charge in [0.25, 0.3) is 0 Å². The highest BCUT2D eigenvalue weighted by Gasteiger charge is 2.34. The molecule has 5 amide bonds. The van der Waals surface area contributed by atoms with Crippen molar-refractivity contribution in [2.75, 3.05) is 6.54 Å². The van der Waals surface area contributed by atoms with Crippen molar-refractivity contribution in [1.29, 1.82) is 0 Å². The monoisotopic (exact) mass is 601 g/mol. The largest absolute Gasteiger partial charge is 0.481 e. The van der Waals surface area contributed by atoms with E-state index in [9.17, 15) is 43.8 Å². The van der Waals surface area contributed by atoms with Crippen LogP contribution in [0.3, 0.4) is 0 Å². The number of aliphatic carboxylic acids is 2. The Hall–Kier alpha value is -3.79. The normalized spacial score (nSPS) is 15.3. The Kier molecular flexibility index (Phi) is 17.6. The molecule has 0 aliphatic carbocycles. The van der Waals surface area contributed by atoms with Gasteiger partial charge >= 0.3 is 11.9 Å². The van der Waals surface area contributed by atoms with Crippen LogP contribution in [0.4, 0.5) is 0 Å². The molecule has 0 bridgehead atoms. The van der Waals surface area contributed by atoms with Gasteiger partial charge in [0.15, 0.2) is 0 Å². The van der Waals surface area contributed by atoms with Crippen molar-refractivity contribution >= 4 is 41.5 Å². The smallest absolute Gasteiger partial charge is 0.326 e. The molecule has 0 unspecified atom stereocenters. The van der Waals surface area contributed by atoms with Crippen molar-refractivity contribution in [1.82, 2.24) is 21.3 Å². The first kappa shape index (κ1) is 38.2. The van der Waals surface area contributed by atoms with E-state index in [-0.39, 0.29) is 18.8 Å². The SMILES string of the molecule is CC[C@H](C)[C@H](NC(=O)[C@H](CC(=O)O)NC(=O)[C@H](CCCCN)NC(=O)[C@@H](N)CC(N)=O)C(=O)N[C@@H](CC(C)C)C(=O)O. The van der Waals surface area contributed by atoms with E-state index >= 15 is 0 Å². The van der Waals surface area contributed by atoms with Crippen molar-refractivity contribution in [3.05, 3.63) is 0 Å². The summed E-state index contributed by atoms with van der Waals surface area (Å²) in [5.41, 5.74) is 16.2. The van der Waals surface area contributed by atoms with E-state index < -0.39 is 90.4 Å². The van der Waals surface area contributed by atoms with Gasteiger partial charge in [-0.1, -0.05) is 34.1 Å². The highest BCUT2D eigenvalue weighted by molar-refractivity contribution is 5.97. The molecule has 0 saturated carbocycles. The number of nitrogens with two attached hydrogens (primary N) is 3. The molecule has 0 spiro atoms. The van der Waals surface area contributed by atoms with Gasteiger partial charge < -0.3 is 48.7 Å². The Morgan fingerprint density at radius 2 is 1.29 bits per heavy atom. The van der Waals surface area contributed by atoms with Crippen LogP contribution in [0.15, 0.2) is 0 Å². The standard InChI is InChI=1S/C26H47N7O9/c1-5-14(4)21(25(40)32-18(26(41)42)10-13(2)3)33-24(39)17(12-20(35)36)31-23(38)16(8-6-7-9-27)30-22(37)15(28)11-19(29)34/h13-18,21H,5-12,27-28H2,1-4H3,(H2,29,34)(H,30,37)(H,31,38)(H,32,40)(H,33,39)(H,35,36)(H,41,42)/t14-,15-,16-,17-,18-,21-/m0/s1. The molecular weight excluding hydrogens is 554 g/mol. The van der Waals surface area contributed by atoms with Crippen LogP contribution in [-0.2, 0) is 33.6 Å². The first-order valence-corrected chi connectivity index (χ1v) is 13.9. The summed E-state index contributed by atoms with van der Waals surface area (Å²) in [7, 11) is 0. The maximum atomic E-state index is 13.2. The number of hydrogen-bond donors (Lipinski definition) is 9. The van der Waals surface area contributed by atoms with Crippen molar-refractivity contribution in [3.8, 4) is 0 Å². The lowest BCUT2D eigenvalue weighted by Gasteiger charge is -2.28. The number of rotatable bonds is 21. The summed E-state index contributed by atoms with van der Waals surface area (Å²) in [4.78, 5) is 86.2. The van der Waals surface area contributed by atoms with E-state index in [4.69, 9.17) is 17.2 Å². The van der Waals surface area contributed by atoms with Crippen LogP contribution >= 0.6 is 0 Å². The molecule has 0 aliphatic heterocycles. The number of hydrogen-bond acceptors (Lipinski definition) is 9.